The average Bonchev–Trinajstić information content (AvgIpc) is 2.26. The van der Waals surface area contributed by atoms with Gasteiger partial charge in [-0.05, 0) is 40.2 Å². The summed E-state index contributed by atoms with van der Waals surface area (Å²) in [6, 6.07) is 0. The van der Waals surface area contributed by atoms with Crippen molar-refractivity contribution < 1.29 is 14.3 Å². The lowest BCUT2D eigenvalue weighted by Crippen LogP contribution is -2.48. The Kier molecular flexibility index (Phi) is 5.56. The van der Waals surface area contributed by atoms with Gasteiger partial charge in [-0.25, -0.2) is 0 Å². The van der Waals surface area contributed by atoms with Crippen LogP contribution in [0.1, 0.15) is 33.6 Å². The van der Waals surface area contributed by atoms with Gasteiger partial charge in [0.15, 0.2) is 0 Å². The molecule has 1 aliphatic heterocycles. The standard InChI is InChI=1S/C13H26N2O3/c1-10-8-15(9-11(2)18-10)7-5-6-13(3,14)12(16)17-4/h10-11H,5-9,14H2,1-4H3/t10-,11+,13?. The van der Waals surface area contributed by atoms with Gasteiger partial charge in [0.05, 0.1) is 19.3 Å². The van der Waals surface area contributed by atoms with Crippen LogP contribution in [0, 0.1) is 0 Å². The molecular formula is C13H26N2O3. The summed E-state index contributed by atoms with van der Waals surface area (Å²) < 4.78 is 10.4. The molecular weight excluding hydrogens is 232 g/mol. The van der Waals surface area contributed by atoms with Crippen molar-refractivity contribution in [3.8, 4) is 0 Å². The summed E-state index contributed by atoms with van der Waals surface area (Å²) in [6.07, 6.45) is 2.08. The normalized spacial score (nSPS) is 28.7. The predicted molar refractivity (Wildman–Crippen MR) is 70.3 cm³/mol. The van der Waals surface area contributed by atoms with Gasteiger partial charge in [0.2, 0.25) is 0 Å². The van der Waals surface area contributed by atoms with Gasteiger partial charge in [0.25, 0.3) is 0 Å². The highest BCUT2D eigenvalue weighted by Crippen LogP contribution is 2.14. The second kappa shape index (κ2) is 6.50. The maximum absolute atomic E-state index is 11.4. The Morgan fingerprint density at radius 2 is 2.00 bits per heavy atom. The molecule has 0 amide bonds. The number of morpholine rings is 1. The van der Waals surface area contributed by atoms with E-state index < -0.39 is 5.54 Å². The van der Waals surface area contributed by atoms with E-state index >= 15 is 0 Å². The number of carbonyl (C=O) groups excluding carboxylic acids is 1. The Hall–Kier alpha value is -0.650. The number of esters is 1. The minimum absolute atomic E-state index is 0.276. The highest BCUT2D eigenvalue weighted by atomic mass is 16.5. The third kappa shape index (κ3) is 4.55. The van der Waals surface area contributed by atoms with Crippen molar-refractivity contribution in [1.82, 2.24) is 4.90 Å². The Morgan fingerprint density at radius 1 is 1.44 bits per heavy atom. The maximum Gasteiger partial charge on any atom is 0.325 e. The third-order valence-electron chi connectivity index (χ3n) is 3.32. The quantitative estimate of drug-likeness (QED) is 0.738. The van der Waals surface area contributed by atoms with Crippen LogP contribution in [0.25, 0.3) is 0 Å². The first kappa shape index (κ1) is 15.4. The van der Waals surface area contributed by atoms with Crippen LogP contribution in [-0.2, 0) is 14.3 Å². The van der Waals surface area contributed by atoms with Crippen LogP contribution < -0.4 is 5.73 Å². The molecule has 0 aromatic carbocycles. The fourth-order valence-electron chi connectivity index (χ4n) is 2.47. The lowest BCUT2D eigenvalue weighted by Gasteiger charge is -2.35. The number of hydrogen-bond acceptors (Lipinski definition) is 5. The van der Waals surface area contributed by atoms with E-state index in [0.717, 1.165) is 26.1 Å². The van der Waals surface area contributed by atoms with Crippen LogP contribution in [-0.4, -0.2) is 55.4 Å². The molecule has 0 radical (unpaired) electrons. The van der Waals surface area contributed by atoms with Gasteiger partial charge in [-0.15, -0.1) is 0 Å². The van der Waals surface area contributed by atoms with Gasteiger partial charge in [-0.1, -0.05) is 0 Å². The monoisotopic (exact) mass is 258 g/mol. The summed E-state index contributed by atoms with van der Waals surface area (Å²) in [5.74, 6) is -0.341. The Labute approximate surface area is 110 Å². The van der Waals surface area contributed by atoms with Crippen molar-refractivity contribution in [1.29, 1.82) is 0 Å². The molecule has 1 unspecified atom stereocenters. The fraction of sp³-hybridized carbons (Fsp3) is 0.923. The summed E-state index contributed by atoms with van der Waals surface area (Å²) in [7, 11) is 1.37. The molecule has 5 nitrogen and oxygen atoms in total. The van der Waals surface area contributed by atoms with E-state index in [1.54, 1.807) is 6.92 Å². The minimum Gasteiger partial charge on any atom is -0.468 e. The lowest BCUT2D eigenvalue weighted by molar-refractivity contribution is -0.146. The van der Waals surface area contributed by atoms with Crippen molar-refractivity contribution >= 4 is 5.97 Å². The minimum atomic E-state index is -0.877. The smallest absolute Gasteiger partial charge is 0.325 e. The topological polar surface area (TPSA) is 64.8 Å². The molecule has 3 atom stereocenters. The van der Waals surface area contributed by atoms with E-state index in [1.165, 1.54) is 7.11 Å². The van der Waals surface area contributed by atoms with E-state index in [-0.39, 0.29) is 18.2 Å². The van der Waals surface area contributed by atoms with Crippen LogP contribution in [0.5, 0.6) is 0 Å². The second-order valence-corrected chi connectivity index (χ2v) is 5.53. The third-order valence-corrected chi connectivity index (χ3v) is 3.32. The van der Waals surface area contributed by atoms with E-state index in [4.69, 9.17) is 15.2 Å². The van der Waals surface area contributed by atoms with Gasteiger partial charge < -0.3 is 15.2 Å². The first-order valence-corrected chi connectivity index (χ1v) is 6.60. The maximum atomic E-state index is 11.4. The number of ether oxygens (including phenoxy) is 2. The molecule has 2 N–H and O–H groups in total. The van der Waals surface area contributed by atoms with Crippen LogP contribution in [0.2, 0.25) is 0 Å². The number of carbonyl (C=O) groups is 1. The van der Waals surface area contributed by atoms with Gasteiger partial charge in [0.1, 0.15) is 5.54 Å². The Morgan fingerprint density at radius 3 is 2.50 bits per heavy atom. The highest BCUT2D eigenvalue weighted by molar-refractivity contribution is 5.79. The molecule has 106 valence electrons. The molecule has 1 fully saturated rings. The lowest BCUT2D eigenvalue weighted by atomic mass is 9.97. The zero-order chi connectivity index (χ0) is 13.8. The molecule has 1 heterocycles. The van der Waals surface area contributed by atoms with Crippen LogP contribution in [0.15, 0.2) is 0 Å². The Bertz CT molecular complexity index is 271. The van der Waals surface area contributed by atoms with Crippen LogP contribution >= 0.6 is 0 Å². The summed E-state index contributed by atoms with van der Waals surface area (Å²) >= 11 is 0. The van der Waals surface area contributed by atoms with Gasteiger partial charge in [-0.2, -0.15) is 0 Å². The molecule has 0 saturated carbocycles. The number of hydrogen-bond donors (Lipinski definition) is 1. The molecule has 0 aromatic rings. The molecule has 1 rings (SSSR count). The SMILES string of the molecule is COC(=O)C(C)(N)CCCN1C[C@@H](C)O[C@@H](C)C1. The summed E-state index contributed by atoms with van der Waals surface area (Å²) in [6.45, 7) is 8.74. The average molecular weight is 258 g/mol. The zero-order valence-corrected chi connectivity index (χ0v) is 11.9. The number of nitrogens with zero attached hydrogens (tertiary/aromatic N) is 1. The summed E-state index contributed by atoms with van der Waals surface area (Å²) in [5, 5.41) is 0. The number of methoxy groups -OCH3 is 1. The zero-order valence-electron chi connectivity index (χ0n) is 11.9. The fourth-order valence-corrected chi connectivity index (χ4v) is 2.47. The highest BCUT2D eigenvalue weighted by Gasteiger charge is 2.29. The van der Waals surface area contributed by atoms with E-state index in [0.29, 0.717) is 6.42 Å². The molecule has 0 aliphatic carbocycles. The summed E-state index contributed by atoms with van der Waals surface area (Å²) in [5.41, 5.74) is 5.05. The predicted octanol–water partition coefficient (Wildman–Crippen LogP) is 0.766. The van der Waals surface area contributed by atoms with E-state index in [9.17, 15) is 4.79 Å². The van der Waals surface area contributed by atoms with Gasteiger partial charge in [0, 0.05) is 13.1 Å². The van der Waals surface area contributed by atoms with Crippen molar-refractivity contribution in [2.45, 2.75) is 51.4 Å². The van der Waals surface area contributed by atoms with Crippen LogP contribution in [0.3, 0.4) is 0 Å². The molecule has 0 spiro atoms. The molecule has 1 saturated heterocycles. The molecule has 0 bridgehead atoms. The summed E-state index contributed by atoms with van der Waals surface area (Å²) in [4.78, 5) is 13.8. The van der Waals surface area contributed by atoms with E-state index in [2.05, 4.69) is 18.7 Å². The van der Waals surface area contributed by atoms with Crippen LogP contribution in [0.4, 0.5) is 0 Å². The van der Waals surface area contributed by atoms with E-state index in [1.807, 2.05) is 0 Å². The second-order valence-electron chi connectivity index (χ2n) is 5.53. The van der Waals surface area contributed by atoms with Gasteiger partial charge in [-0.3, -0.25) is 9.69 Å². The number of rotatable bonds is 5. The molecule has 18 heavy (non-hydrogen) atoms. The first-order valence-electron chi connectivity index (χ1n) is 6.60. The molecule has 1 aliphatic rings. The Balaban J connectivity index is 2.31. The molecule has 5 heteroatoms. The largest absolute Gasteiger partial charge is 0.468 e. The van der Waals surface area contributed by atoms with Crippen molar-refractivity contribution in [2.75, 3.05) is 26.7 Å². The number of nitrogens with two attached hydrogens (primary N) is 1. The molecule has 0 aromatic heterocycles. The van der Waals surface area contributed by atoms with Crippen molar-refractivity contribution in [3.05, 3.63) is 0 Å². The van der Waals surface area contributed by atoms with Crippen molar-refractivity contribution in [3.63, 3.8) is 0 Å². The first-order chi connectivity index (χ1) is 8.35. The van der Waals surface area contributed by atoms with Gasteiger partial charge >= 0.3 is 5.97 Å². The van der Waals surface area contributed by atoms with Crippen molar-refractivity contribution in [2.24, 2.45) is 5.73 Å².